The molecule has 0 saturated carbocycles. The molecule has 0 aromatic carbocycles. The van der Waals surface area contributed by atoms with Gasteiger partial charge in [-0.2, -0.15) is 0 Å². The lowest BCUT2D eigenvalue weighted by Gasteiger charge is -2.33. The van der Waals surface area contributed by atoms with Gasteiger partial charge in [0.25, 0.3) is 0 Å². The van der Waals surface area contributed by atoms with Crippen molar-refractivity contribution in [1.82, 2.24) is 21.3 Å². The zero-order valence-corrected chi connectivity index (χ0v) is 42.9. The van der Waals surface area contributed by atoms with E-state index in [4.69, 9.17) is 69.1 Å². The minimum absolute atomic E-state index is 0. The SMILES string of the molecule is CC.COS(CCCNC(=O)OCC(COC(=O)NCCCS(OC)(OC)OC)(COC(=O)NCCCS(OC)(OC)OC)COC(=O)NCCCS(OC)(OC)OC)(OC)OC.[HH].[HH].[HH].[HH]. The van der Waals surface area contributed by atoms with Crippen LogP contribution in [0.15, 0.2) is 0 Å². The number of nitrogens with one attached hydrogen (secondary N) is 4. The van der Waals surface area contributed by atoms with E-state index in [9.17, 15) is 19.2 Å². The topological polar surface area (TPSA) is 264 Å². The van der Waals surface area contributed by atoms with Crippen LogP contribution >= 0.6 is 43.5 Å². The molecule has 0 saturated heterocycles. The number of rotatable bonds is 36. The highest BCUT2D eigenvalue weighted by Crippen LogP contribution is 2.51. The average Bonchev–Trinajstić information content (AvgIpc) is 3.32. The Labute approximate surface area is 387 Å². The summed E-state index contributed by atoms with van der Waals surface area (Å²) in [6.07, 6.45) is -1.88. The number of hydrogen-bond acceptors (Lipinski definition) is 20. The van der Waals surface area contributed by atoms with Crippen LogP contribution in [-0.2, 0) is 69.1 Å². The van der Waals surface area contributed by atoms with E-state index in [1.807, 2.05) is 13.8 Å². The Hall–Kier alpha value is -2.00. The van der Waals surface area contributed by atoms with E-state index in [2.05, 4.69) is 21.3 Å². The van der Waals surface area contributed by atoms with Crippen molar-refractivity contribution in [3.05, 3.63) is 0 Å². The number of hydrogen-bond donors (Lipinski definition) is 4. The van der Waals surface area contributed by atoms with Gasteiger partial charge in [0.2, 0.25) is 0 Å². The summed E-state index contributed by atoms with van der Waals surface area (Å²) in [7, 11) is 8.43. The van der Waals surface area contributed by atoms with Gasteiger partial charge in [0.1, 0.15) is 31.8 Å². The molecule has 0 aliphatic carbocycles. The van der Waals surface area contributed by atoms with Crippen LogP contribution in [0, 0.1) is 5.41 Å². The van der Waals surface area contributed by atoms with Crippen LogP contribution in [0.3, 0.4) is 0 Å². The Kier molecular flexibility index (Phi) is 36.2. The molecule has 0 aliphatic rings. The Morgan fingerprint density at radius 2 is 0.508 bits per heavy atom. The summed E-state index contributed by atoms with van der Waals surface area (Å²) >= 11 is 0. The Balaban J connectivity index is -0.00000153. The first-order valence-corrected chi connectivity index (χ1v) is 26.0. The van der Waals surface area contributed by atoms with Crippen molar-refractivity contribution in [2.24, 2.45) is 5.41 Å². The van der Waals surface area contributed by atoms with Crippen LogP contribution in [0.1, 0.15) is 45.2 Å². The van der Waals surface area contributed by atoms with Gasteiger partial charge in [0.15, 0.2) is 0 Å². The van der Waals surface area contributed by atoms with Gasteiger partial charge < -0.3 is 40.2 Å². The summed E-state index contributed by atoms with van der Waals surface area (Å²) in [5.41, 5.74) is -1.62. The lowest BCUT2D eigenvalue weighted by Crippen LogP contribution is -2.47. The smallest absolute Gasteiger partial charge is 0.407 e. The summed E-state index contributed by atoms with van der Waals surface area (Å²) in [5.74, 6) is 1.37. The van der Waals surface area contributed by atoms with Gasteiger partial charge in [0.05, 0.1) is 129 Å². The molecule has 0 heterocycles. The van der Waals surface area contributed by atoms with Crippen LogP contribution in [0.5, 0.6) is 0 Å². The fourth-order valence-corrected chi connectivity index (χ4v) is 10.5. The first-order valence-electron chi connectivity index (χ1n) is 19.7. The van der Waals surface area contributed by atoms with E-state index in [0.717, 1.165) is 0 Å². The average molecular weight is 1010 g/mol. The summed E-state index contributed by atoms with van der Waals surface area (Å²) in [6, 6.07) is 0. The second-order valence-corrected chi connectivity index (χ2v) is 22.1. The van der Waals surface area contributed by atoms with E-state index in [-0.39, 0.29) is 31.9 Å². The molecule has 4 N–H and O–H groups in total. The van der Waals surface area contributed by atoms with E-state index < -0.39 is 99.7 Å². The van der Waals surface area contributed by atoms with E-state index in [1.54, 1.807) is 0 Å². The summed E-state index contributed by atoms with van der Waals surface area (Å²) in [6.45, 7) is 2.40. The number of carbonyl (C=O) groups is 4. The lowest BCUT2D eigenvalue weighted by molar-refractivity contribution is -0.0486. The standard InChI is InChI=1S/C33H72N4O20S4.C2H6.4H2/c1-42-58(43-2,44-3)21-13-17-34-29(38)54-25-33(26-55-30(39)35-18-14-22-59(45-4,46-5)47-6,27-56-31(40)36-19-15-23-60(48-7,49-8)50-9)28-57-32(41)37-20-16-24-61(51-10,52-11)53-12;1-2;;;;/h13-28H2,1-12H3,(H,34,38)(H,35,39)(H,36,40)(H,37,41);1-2H3;4*1H. The number of ether oxygens (including phenoxy) is 4. The van der Waals surface area contributed by atoms with Crippen molar-refractivity contribution in [2.45, 2.75) is 39.5 Å². The van der Waals surface area contributed by atoms with Gasteiger partial charge in [-0.15, -0.1) is 0 Å². The molecule has 0 aliphatic heterocycles. The highest BCUT2D eigenvalue weighted by atomic mass is 32.3. The third kappa shape index (κ3) is 24.9. The van der Waals surface area contributed by atoms with Crippen molar-refractivity contribution >= 4 is 67.9 Å². The Bertz CT molecular complexity index is 1030. The first kappa shape index (κ1) is 63.1. The minimum atomic E-state index is -2.26. The van der Waals surface area contributed by atoms with E-state index in [1.165, 1.54) is 85.3 Å². The minimum Gasteiger partial charge on any atom is -0.449 e. The fourth-order valence-electron chi connectivity index (χ4n) is 4.90. The molecule has 63 heavy (non-hydrogen) atoms. The van der Waals surface area contributed by atoms with E-state index >= 15 is 0 Å². The Morgan fingerprint density at radius 1 is 0.349 bits per heavy atom. The van der Waals surface area contributed by atoms with Crippen LogP contribution in [0.2, 0.25) is 0 Å². The quantitative estimate of drug-likeness (QED) is 0.0390. The first-order chi connectivity index (χ1) is 30.1. The monoisotopic (exact) mass is 1010 g/mol. The van der Waals surface area contributed by atoms with E-state index in [0.29, 0.717) is 48.7 Å². The van der Waals surface area contributed by atoms with Crippen molar-refractivity contribution in [3.8, 4) is 0 Å². The maximum Gasteiger partial charge on any atom is 0.407 e. The van der Waals surface area contributed by atoms with Gasteiger partial charge in [-0.25, -0.2) is 19.2 Å². The Morgan fingerprint density at radius 3 is 0.651 bits per heavy atom. The molecule has 0 aromatic heterocycles. The van der Waals surface area contributed by atoms with Gasteiger partial charge >= 0.3 is 24.4 Å². The molecular formula is C35H86N4O20S4. The molecule has 0 atom stereocenters. The zero-order valence-electron chi connectivity index (χ0n) is 39.6. The highest BCUT2D eigenvalue weighted by Gasteiger charge is 2.38. The highest BCUT2D eigenvalue weighted by molar-refractivity contribution is 8.22. The third-order valence-electron chi connectivity index (χ3n) is 8.45. The predicted octanol–water partition coefficient (Wildman–Crippen LogP) is 6.40. The maximum absolute atomic E-state index is 13.0. The molecule has 0 fully saturated rings. The molecule has 390 valence electrons. The number of carbonyl (C=O) groups excluding carboxylic acids is 4. The summed E-state index contributed by atoms with van der Waals surface area (Å²) in [4.78, 5) is 51.8. The number of alkyl carbamates (subject to hydrolysis) is 4. The van der Waals surface area contributed by atoms with Gasteiger partial charge in [-0.1, -0.05) is 13.8 Å². The molecule has 0 aromatic rings. The molecule has 0 rings (SSSR count). The normalized spacial score (nSPS) is 13.1. The number of amides is 4. The van der Waals surface area contributed by atoms with Crippen LogP contribution in [0.4, 0.5) is 19.2 Å². The van der Waals surface area contributed by atoms with Crippen molar-refractivity contribution in [3.63, 3.8) is 0 Å². The van der Waals surface area contributed by atoms with Gasteiger partial charge in [-0.05, 0) is 25.7 Å². The second-order valence-electron chi connectivity index (χ2n) is 12.0. The molecular weight excluding hydrogens is 925 g/mol. The predicted molar refractivity (Wildman–Crippen MR) is 252 cm³/mol. The van der Waals surface area contributed by atoms with Crippen LogP contribution in [-0.4, -0.2) is 185 Å². The molecule has 0 unspecified atom stereocenters. The van der Waals surface area contributed by atoms with Gasteiger partial charge in [0, 0.05) is 54.9 Å². The van der Waals surface area contributed by atoms with Gasteiger partial charge in [-0.3, -0.25) is 50.2 Å². The van der Waals surface area contributed by atoms with Crippen molar-refractivity contribution in [1.29, 1.82) is 0 Å². The maximum atomic E-state index is 13.0. The molecule has 28 heteroatoms. The summed E-state index contributed by atoms with van der Waals surface area (Å²) < 4.78 is 86.6. The molecule has 0 bridgehead atoms. The van der Waals surface area contributed by atoms with Crippen LogP contribution < -0.4 is 21.3 Å². The molecule has 0 spiro atoms. The molecule has 0 radical (unpaired) electrons. The largest absolute Gasteiger partial charge is 0.449 e. The van der Waals surface area contributed by atoms with Crippen LogP contribution in [0.25, 0.3) is 0 Å². The lowest BCUT2D eigenvalue weighted by atomic mass is 9.92. The second kappa shape index (κ2) is 36.2. The summed E-state index contributed by atoms with van der Waals surface area (Å²) in [5, 5.41) is 10.5. The fraction of sp³-hybridized carbons (Fsp3) is 0.886. The van der Waals surface area contributed by atoms with Crippen molar-refractivity contribution in [2.75, 3.05) is 161 Å². The third-order valence-corrected chi connectivity index (χ3v) is 17.7. The van der Waals surface area contributed by atoms with Crippen molar-refractivity contribution < 1.29 is 94.0 Å². The molecule has 24 nitrogen and oxygen atoms in total. The zero-order chi connectivity index (χ0) is 48.3. The molecule has 4 amide bonds.